The fourth-order valence-corrected chi connectivity index (χ4v) is 2.57. The zero-order chi connectivity index (χ0) is 16.6. The molecule has 1 heterocycles. The van der Waals surface area contributed by atoms with Gasteiger partial charge >= 0.3 is 0 Å². The van der Waals surface area contributed by atoms with Crippen molar-refractivity contribution in [2.45, 2.75) is 6.92 Å². The largest absolute Gasteiger partial charge is 0.497 e. The van der Waals surface area contributed by atoms with E-state index >= 15 is 0 Å². The van der Waals surface area contributed by atoms with Crippen molar-refractivity contribution in [2.24, 2.45) is 0 Å². The number of benzene rings is 2. The third-order valence-electron chi connectivity index (χ3n) is 3.82. The SMILES string of the molecule is COc1ccc2[nH]c(C(=O)c3cccc([N+](=O)[O-])c3C)cc2c1. The van der Waals surface area contributed by atoms with Crippen LogP contribution < -0.4 is 4.74 Å². The van der Waals surface area contributed by atoms with E-state index in [2.05, 4.69) is 4.98 Å². The van der Waals surface area contributed by atoms with Gasteiger partial charge in [-0.2, -0.15) is 0 Å². The quantitative estimate of drug-likeness (QED) is 0.453. The Labute approximate surface area is 131 Å². The summed E-state index contributed by atoms with van der Waals surface area (Å²) in [4.78, 5) is 26.3. The summed E-state index contributed by atoms with van der Waals surface area (Å²) in [6, 6.07) is 11.7. The van der Waals surface area contributed by atoms with Gasteiger partial charge in [0.15, 0.2) is 0 Å². The molecule has 3 rings (SSSR count). The van der Waals surface area contributed by atoms with Gasteiger partial charge in [0.05, 0.1) is 17.7 Å². The standard InChI is InChI=1S/C17H14N2O4/c1-10-13(4-3-5-16(10)19(21)22)17(20)15-9-11-8-12(23-2)6-7-14(11)18-15/h3-9,18H,1-2H3. The number of carbonyl (C=O) groups is 1. The smallest absolute Gasteiger partial charge is 0.273 e. The van der Waals surface area contributed by atoms with E-state index in [1.54, 1.807) is 32.2 Å². The molecule has 0 aliphatic heterocycles. The molecular formula is C17H14N2O4. The molecule has 0 saturated heterocycles. The number of nitro groups is 1. The van der Waals surface area contributed by atoms with Gasteiger partial charge in [-0.15, -0.1) is 0 Å². The van der Waals surface area contributed by atoms with Crippen LogP contribution in [0.5, 0.6) is 5.75 Å². The molecule has 3 aromatic rings. The number of nitro benzene ring substituents is 1. The van der Waals surface area contributed by atoms with Gasteiger partial charge < -0.3 is 9.72 Å². The number of carbonyl (C=O) groups excluding carboxylic acids is 1. The van der Waals surface area contributed by atoms with Crippen LogP contribution in [0.4, 0.5) is 5.69 Å². The van der Waals surface area contributed by atoms with Crippen LogP contribution in [0.25, 0.3) is 10.9 Å². The average molecular weight is 310 g/mol. The van der Waals surface area contributed by atoms with Crippen LogP contribution in [-0.4, -0.2) is 22.8 Å². The average Bonchev–Trinajstić information content (AvgIpc) is 2.97. The van der Waals surface area contributed by atoms with Crippen molar-refractivity contribution in [3.8, 4) is 5.75 Å². The van der Waals surface area contributed by atoms with Crippen LogP contribution in [0, 0.1) is 17.0 Å². The van der Waals surface area contributed by atoms with Gasteiger partial charge in [0.1, 0.15) is 5.75 Å². The lowest BCUT2D eigenvalue weighted by molar-refractivity contribution is -0.385. The highest BCUT2D eigenvalue weighted by molar-refractivity contribution is 6.11. The summed E-state index contributed by atoms with van der Waals surface area (Å²) in [5.41, 5.74) is 1.80. The van der Waals surface area contributed by atoms with Crippen molar-refractivity contribution in [2.75, 3.05) is 7.11 Å². The maximum atomic E-state index is 12.7. The van der Waals surface area contributed by atoms with Crippen LogP contribution in [-0.2, 0) is 0 Å². The number of aromatic amines is 1. The highest BCUT2D eigenvalue weighted by atomic mass is 16.6. The van der Waals surface area contributed by atoms with E-state index in [-0.39, 0.29) is 11.5 Å². The van der Waals surface area contributed by atoms with E-state index in [0.717, 1.165) is 10.9 Å². The number of rotatable bonds is 4. The number of hydrogen-bond donors (Lipinski definition) is 1. The molecule has 23 heavy (non-hydrogen) atoms. The Hall–Kier alpha value is -3.15. The maximum Gasteiger partial charge on any atom is 0.273 e. The molecule has 1 N–H and O–H groups in total. The number of aromatic nitrogens is 1. The first kappa shape index (κ1) is 14.8. The van der Waals surface area contributed by atoms with Gasteiger partial charge in [-0.25, -0.2) is 0 Å². The van der Waals surface area contributed by atoms with E-state index < -0.39 is 4.92 Å². The third kappa shape index (κ3) is 2.55. The molecular weight excluding hydrogens is 296 g/mol. The summed E-state index contributed by atoms with van der Waals surface area (Å²) < 4.78 is 5.16. The second-order valence-electron chi connectivity index (χ2n) is 5.17. The Balaban J connectivity index is 2.07. The van der Waals surface area contributed by atoms with E-state index in [1.807, 2.05) is 12.1 Å². The van der Waals surface area contributed by atoms with E-state index in [4.69, 9.17) is 4.74 Å². The fraction of sp³-hybridized carbons (Fsp3) is 0.118. The number of ether oxygens (including phenoxy) is 1. The number of fused-ring (bicyclic) bond motifs is 1. The lowest BCUT2D eigenvalue weighted by Crippen LogP contribution is -2.06. The monoisotopic (exact) mass is 310 g/mol. The van der Waals surface area contributed by atoms with Crippen molar-refractivity contribution in [3.63, 3.8) is 0 Å². The molecule has 1 aromatic heterocycles. The Kier molecular flexibility index (Phi) is 3.57. The molecule has 6 nitrogen and oxygen atoms in total. The minimum atomic E-state index is -0.484. The Morgan fingerprint density at radius 2 is 2.00 bits per heavy atom. The first-order valence-electron chi connectivity index (χ1n) is 6.96. The normalized spacial score (nSPS) is 10.7. The molecule has 0 amide bonds. The van der Waals surface area contributed by atoms with Gasteiger partial charge in [-0.05, 0) is 31.2 Å². The number of methoxy groups -OCH3 is 1. The van der Waals surface area contributed by atoms with Gasteiger partial charge in [0, 0.05) is 28.1 Å². The van der Waals surface area contributed by atoms with Crippen molar-refractivity contribution in [1.82, 2.24) is 4.98 Å². The molecule has 0 aliphatic rings. The minimum Gasteiger partial charge on any atom is -0.497 e. The first-order valence-corrected chi connectivity index (χ1v) is 6.96. The second kappa shape index (κ2) is 5.57. The number of ketones is 1. The summed E-state index contributed by atoms with van der Waals surface area (Å²) in [6.45, 7) is 1.58. The lowest BCUT2D eigenvalue weighted by Gasteiger charge is -2.04. The molecule has 2 aromatic carbocycles. The molecule has 0 atom stereocenters. The van der Waals surface area contributed by atoms with Gasteiger partial charge in [0.25, 0.3) is 5.69 Å². The topological polar surface area (TPSA) is 85.2 Å². The Bertz CT molecular complexity index is 927. The van der Waals surface area contributed by atoms with E-state index in [1.165, 1.54) is 12.1 Å². The van der Waals surface area contributed by atoms with Crippen LogP contribution in [0.3, 0.4) is 0 Å². The molecule has 0 spiro atoms. The molecule has 0 unspecified atom stereocenters. The maximum absolute atomic E-state index is 12.7. The molecule has 0 fully saturated rings. The third-order valence-corrected chi connectivity index (χ3v) is 3.82. The van der Waals surface area contributed by atoms with Crippen LogP contribution in [0.1, 0.15) is 21.6 Å². The summed E-state index contributed by atoms with van der Waals surface area (Å²) >= 11 is 0. The van der Waals surface area contributed by atoms with Crippen LogP contribution in [0.15, 0.2) is 42.5 Å². The number of H-pyrrole nitrogens is 1. The lowest BCUT2D eigenvalue weighted by atomic mass is 10.0. The summed E-state index contributed by atoms with van der Waals surface area (Å²) in [5, 5.41) is 11.9. The highest BCUT2D eigenvalue weighted by Crippen LogP contribution is 2.26. The molecule has 6 heteroatoms. The van der Waals surface area contributed by atoms with Crippen molar-refractivity contribution >= 4 is 22.4 Å². The van der Waals surface area contributed by atoms with Crippen LogP contribution in [0.2, 0.25) is 0 Å². The molecule has 0 bridgehead atoms. The van der Waals surface area contributed by atoms with Crippen molar-refractivity contribution in [1.29, 1.82) is 0 Å². The molecule has 0 saturated carbocycles. The predicted octanol–water partition coefficient (Wildman–Crippen LogP) is 3.62. The fourth-order valence-electron chi connectivity index (χ4n) is 2.57. The summed E-state index contributed by atoms with van der Waals surface area (Å²) in [6.07, 6.45) is 0. The minimum absolute atomic E-state index is 0.0615. The Morgan fingerprint density at radius 3 is 2.70 bits per heavy atom. The van der Waals surface area contributed by atoms with Crippen molar-refractivity contribution < 1.29 is 14.5 Å². The number of hydrogen-bond acceptors (Lipinski definition) is 4. The summed E-state index contributed by atoms with van der Waals surface area (Å²) in [7, 11) is 1.58. The summed E-state index contributed by atoms with van der Waals surface area (Å²) in [5.74, 6) is 0.420. The van der Waals surface area contributed by atoms with Gasteiger partial charge in [-0.3, -0.25) is 14.9 Å². The first-order chi connectivity index (χ1) is 11.0. The van der Waals surface area contributed by atoms with Gasteiger partial charge in [-0.1, -0.05) is 12.1 Å². The van der Waals surface area contributed by atoms with Gasteiger partial charge in [0.2, 0.25) is 5.78 Å². The predicted molar refractivity (Wildman–Crippen MR) is 86.1 cm³/mol. The second-order valence-corrected chi connectivity index (χ2v) is 5.17. The zero-order valence-corrected chi connectivity index (χ0v) is 12.6. The zero-order valence-electron chi connectivity index (χ0n) is 12.6. The molecule has 0 aliphatic carbocycles. The van der Waals surface area contributed by atoms with E-state index in [0.29, 0.717) is 22.6 Å². The van der Waals surface area contributed by atoms with Crippen molar-refractivity contribution in [3.05, 3.63) is 69.4 Å². The number of nitrogens with one attached hydrogen (secondary N) is 1. The molecule has 0 radical (unpaired) electrons. The number of nitrogens with zero attached hydrogens (tertiary/aromatic N) is 1. The molecule has 116 valence electrons. The Morgan fingerprint density at radius 1 is 1.22 bits per heavy atom. The van der Waals surface area contributed by atoms with Crippen LogP contribution >= 0.6 is 0 Å². The highest BCUT2D eigenvalue weighted by Gasteiger charge is 2.20. The van der Waals surface area contributed by atoms with E-state index in [9.17, 15) is 14.9 Å².